The zero-order chi connectivity index (χ0) is 10.4. The molecule has 0 bridgehead atoms. The predicted molar refractivity (Wildman–Crippen MR) is 42.0 cm³/mol. The first-order chi connectivity index (χ1) is 6.08. The topological polar surface area (TPSA) is 107 Å². The van der Waals surface area contributed by atoms with Gasteiger partial charge in [0.25, 0.3) is 0 Å². The van der Waals surface area contributed by atoms with Gasteiger partial charge in [0.05, 0.1) is 6.61 Å². The van der Waals surface area contributed by atoms with E-state index in [0.717, 1.165) is 0 Å². The van der Waals surface area contributed by atoms with Gasteiger partial charge in [-0.1, -0.05) is 0 Å². The van der Waals surface area contributed by atoms with Gasteiger partial charge < -0.3 is 30.0 Å². The second-order valence-electron chi connectivity index (χ2n) is 2.57. The molecular weight excluding hydrogens is 180 g/mol. The lowest BCUT2D eigenvalue weighted by Gasteiger charge is -2.24. The summed E-state index contributed by atoms with van der Waals surface area (Å²) >= 11 is 0. The van der Waals surface area contributed by atoms with Crippen LogP contribution in [0.15, 0.2) is 0 Å². The smallest absolute Gasteiger partial charge is 0.151 e. The third kappa shape index (κ3) is 3.37. The Bertz CT molecular complexity index is 150. The Balaban J connectivity index is 4.21. The summed E-state index contributed by atoms with van der Waals surface area (Å²) in [5, 5.41) is 35.7. The lowest BCUT2D eigenvalue weighted by atomic mass is 10.0. The van der Waals surface area contributed by atoms with E-state index in [9.17, 15) is 9.90 Å². The van der Waals surface area contributed by atoms with E-state index < -0.39 is 31.0 Å². The highest BCUT2D eigenvalue weighted by molar-refractivity contribution is 5.57. The van der Waals surface area contributed by atoms with Crippen LogP contribution in [0.25, 0.3) is 0 Å². The van der Waals surface area contributed by atoms with Gasteiger partial charge in [-0.2, -0.15) is 0 Å². The number of carbonyl (C=O) groups is 1. The molecule has 0 unspecified atom stereocenters. The van der Waals surface area contributed by atoms with Crippen molar-refractivity contribution < 1.29 is 30.0 Å². The molecule has 0 rings (SSSR count). The summed E-state index contributed by atoms with van der Waals surface area (Å²) in [4.78, 5) is 10.3. The third-order valence-electron chi connectivity index (χ3n) is 1.67. The van der Waals surface area contributed by atoms with Crippen molar-refractivity contribution in [1.82, 2.24) is 0 Å². The fourth-order valence-corrected chi connectivity index (χ4v) is 0.805. The van der Waals surface area contributed by atoms with Gasteiger partial charge in [0, 0.05) is 7.11 Å². The number of aliphatic hydroxyl groups excluding tert-OH is 4. The number of carbonyl (C=O) groups excluding carboxylic acids is 1. The van der Waals surface area contributed by atoms with Crippen LogP contribution in [0.2, 0.25) is 0 Å². The first-order valence-electron chi connectivity index (χ1n) is 3.71. The zero-order valence-corrected chi connectivity index (χ0v) is 7.20. The molecule has 0 aromatic rings. The maximum absolute atomic E-state index is 10.3. The molecule has 0 spiro atoms. The number of hydrogen-bond donors (Lipinski definition) is 4. The van der Waals surface area contributed by atoms with Crippen molar-refractivity contribution in [3.05, 3.63) is 0 Å². The van der Waals surface area contributed by atoms with Crippen molar-refractivity contribution in [3.8, 4) is 0 Å². The fourth-order valence-electron chi connectivity index (χ4n) is 0.805. The number of aliphatic hydroxyl groups is 4. The van der Waals surface area contributed by atoms with E-state index in [0.29, 0.717) is 6.29 Å². The number of ether oxygens (including phenoxy) is 1. The predicted octanol–water partition coefficient (Wildman–Crippen LogP) is -2.72. The third-order valence-corrected chi connectivity index (χ3v) is 1.67. The standard InChI is InChI=1S/C7H14O6/c1-13-5(3-9)7(12)6(11)4(10)2-8/h3-8,10-12H,2H2,1H3/t4-,5-,6-,7-/m1/s1. The van der Waals surface area contributed by atoms with E-state index in [1.807, 2.05) is 0 Å². The lowest BCUT2D eigenvalue weighted by Crippen LogP contribution is -2.47. The molecule has 13 heavy (non-hydrogen) atoms. The number of aldehydes is 1. The van der Waals surface area contributed by atoms with Gasteiger partial charge >= 0.3 is 0 Å². The van der Waals surface area contributed by atoms with Gasteiger partial charge in [0.1, 0.15) is 24.4 Å². The second-order valence-corrected chi connectivity index (χ2v) is 2.57. The van der Waals surface area contributed by atoms with Crippen molar-refractivity contribution in [2.75, 3.05) is 13.7 Å². The van der Waals surface area contributed by atoms with Crippen LogP contribution in [0, 0.1) is 0 Å². The van der Waals surface area contributed by atoms with Gasteiger partial charge in [-0.15, -0.1) is 0 Å². The fraction of sp³-hybridized carbons (Fsp3) is 0.857. The van der Waals surface area contributed by atoms with E-state index in [1.165, 1.54) is 7.11 Å². The minimum atomic E-state index is -1.61. The Hall–Kier alpha value is -0.530. The molecule has 0 saturated heterocycles. The molecule has 4 atom stereocenters. The average Bonchev–Trinajstić information content (AvgIpc) is 2.17. The first-order valence-corrected chi connectivity index (χ1v) is 3.71. The van der Waals surface area contributed by atoms with E-state index in [4.69, 9.17) is 15.3 Å². The maximum Gasteiger partial charge on any atom is 0.151 e. The average molecular weight is 194 g/mol. The molecule has 4 N–H and O–H groups in total. The molecule has 0 aromatic heterocycles. The molecule has 0 aromatic carbocycles. The second kappa shape index (κ2) is 6.01. The summed E-state index contributed by atoms with van der Waals surface area (Å²) in [5.41, 5.74) is 0. The quantitative estimate of drug-likeness (QED) is 0.342. The van der Waals surface area contributed by atoms with Crippen molar-refractivity contribution >= 4 is 6.29 Å². The molecule has 0 radical (unpaired) electrons. The Morgan fingerprint density at radius 1 is 1.31 bits per heavy atom. The van der Waals surface area contributed by atoms with E-state index in [1.54, 1.807) is 0 Å². The molecule has 0 aliphatic heterocycles. The molecule has 0 amide bonds. The van der Waals surface area contributed by atoms with Gasteiger partial charge in [-0.3, -0.25) is 0 Å². The molecule has 78 valence electrons. The molecule has 0 aliphatic rings. The Morgan fingerprint density at radius 3 is 2.15 bits per heavy atom. The monoisotopic (exact) mass is 194 g/mol. The number of methoxy groups -OCH3 is 1. The molecule has 0 aliphatic carbocycles. The largest absolute Gasteiger partial charge is 0.394 e. The maximum atomic E-state index is 10.3. The minimum Gasteiger partial charge on any atom is -0.394 e. The van der Waals surface area contributed by atoms with E-state index in [2.05, 4.69) is 4.74 Å². The lowest BCUT2D eigenvalue weighted by molar-refractivity contribution is -0.141. The van der Waals surface area contributed by atoms with Crippen molar-refractivity contribution in [1.29, 1.82) is 0 Å². The number of hydrogen-bond acceptors (Lipinski definition) is 6. The SMILES string of the molecule is CO[C@H](C=O)[C@@H](O)[C@H](O)[C@H](O)CO. The molecule has 6 heteroatoms. The summed E-state index contributed by atoms with van der Waals surface area (Å²) in [6.45, 7) is -0.701. The highest BCUT2D eigenvalue weighted by atomic mass is 16.5. The van der Waals surface area contributed by atoms with Gasteiger partial charge in [0.15, 0.2) is 6.29 Å². The minimum absolute atomic E-state index is 0.304. The summed E-state index contributed by atoms with van der Waals surface area (Å²) in [6, 6.07) is 0. The van der Waals surface area contributed by atoms with E-state index in [-0.39, 0.29) is 0 Å². The summed E-state index contributed by atoms with van der Waals surface area (Å²) in [7, 11) is 1.18. The van der Waals surface area contributed by atoms with Gasteiger partial charge in [0.2, 0.25) is 0 Å². The van der Waals surface area contributed by atoms with Crippen molar-refractivity contribution in [3.63, 3.8) is 0 Å². The Labute approximate surface area is 75.4 Å². The molecule has 0 saturated carbocycles. The van der Waals surface area contributed by atoms with Crippen molar-refractivity contribution in [2.45, 2.75) is 24.4 Å². The van der Waals surface area contributed by atoms with Crippen LogP contribution in [0.1, 0.15) is 0 Å². The van der Waals surface area contributed by atoms with Crippen LogP contribution in [0.3, 0.4) is 0 Å². The highest BCUT2D eigenvalue weighted by Crippen LogP contribution is 2.05. The van der Waals surface area contributed by atoms with E-state index >= 15 is 0 Å². The van der Waals surface area contributed by atoms with Crippen LogP contribution in [0.4, 0.5) is 0 Å². The first kappa shape index (κ1) is 12.5. The Kier molecular flexibility index (Phi) is 5.76. The summed E-state index contributed by atoms with van der Waals surface area (Å²) in [5.74, 6) is 0. The Morgan fingerprint density at radius 2 is 1.85 bits per heavy atom. The van der Waals surface area contributed by atoms with Gasteiger partial charge in [-0.05, 0) is 0 Å². The van der Waals surface area contributed by atoms with Crippen LogP contribution in [-0.2, 0) is 9.53 Å². The van der Waals surface area contributed by atoms with Crippen LogP contribution in [0.5, 0.6) is 0 Å². The highest BCUT2D eigenvalue weighted by Gasteiger charge is 2.30. The molecular formula is C7H14O6. The van der Waals surface area contributed by atoms with Crippen LogP contribution >= 0.6 is 0 Å². The van der Waals surface area contributed by atoms with Crippen molar-refractivity contribution in [2.24, 2.45) is 0 Å². The molecule has 0 fully saturated rings. The normalized spacial score (nSPS) is 20.4. The zero-order valence-electron chi connectivity index (χ0n) is 7.20. The van der Waals surface area contributed by atoms with Crippen LogP contribution in [-0.4, -0.2) is 64.8 Å². The van der Waals surface area contributed by atoms with Gasteiger partial charge in [-0.25, -0.2) is 0 Å². The summed E-state index contributed by atoms with van der Waals surface area (Å²) in [6.07, 6.45) is -5.56. The molecule has 0 heterocycles. The molecule has 6 nitrogen and oxygen atoms in total. The number of rotatable bonds is 6. The van der Waals surface area contributed by atoms with Crippen LogP contribution < -0.4 is 0 Å². The summed E-state index contributed by atoms with van der Waals surface area (Å²) < 4.78 is 4.51.